The van der Waals surface area contributed by atoms with Gasteiger partial charge in [0, 0.05) is 5.39 Å². The molecule has 25 heavy (non-hydrogen) atoms. The first-order valence-corrected chi connectivity index (χ1v) is 8.19. The van der Waals surface area contributed by atoms with Crippen molar-refractivity contribution in [2.24, 2.45) is 5.73 Å². The number of fused-ring (bicyclic) bond motifs is 2. The predicted octanol–water partition coefficient (Wildman–Crippen LogP) is 3.54. The lowest BCUT2D eigenvalue weighted by molar-refractivity contribution is 0.0957. The fraction of sp³-hybridized carbons (Fsp3) is 0.0952. The zero-order chi connectivity index (χ0) is 17.2. The van der Waals surface area contributed by atoms with Gasteiger partial charge in [0.15, 0.2) is 5.78 Å². The maximum absolute atomic E-state index is 12.8. The number of hydrogen-bond acceptors (Lipinski definition) is 4. The minimum atomic E-state index is -0.639. The number of para-hydroxylation sites is 1. The van der Waals surface area contributed by atoms with Crippen molar-refractivity contribution >= 4 is 27.5 Å². The minimum absolute atomic E-state index is 0.160. The molecule has 0 fully saturated rings. The first-order chi connectivity index (χ1) is 12.2. The zero-order valence-electron chi connectivity index (χ0n) is 13.6. The summed E-state index contributed by atoms with van der Waals surface area (Å²) in [5.74, 6) is -0.160. The lowest BCUT2D eigenvalue weighted by atomic mass is 9.97. The van der Waals surface area contributed by atoms with E-state index in [-0.39, 0.29) is 5.78 Å². The monoisotopic (exact) mass is 327 g/mol. The van der Waals surface area contributed by atoms with E-state index in [9.17, 15) is 4.79 Å². The molecule has 0 unspecified atom stereocenters. The molecule has 0 saturated heterocycles. The highest BCUT2D eigenvalue weighted by Gasteiger charge is 2.20. The highest BCUT2D eigenvalue weighted by atomic mass is 16.1. The largest absolute Gasteiger partial charge is 0.321 e. The van der Waals surface area contributed by atoms with Crippen LogP contribution < -0.4 is 5.73 Å². The van der Waals surface area contributed by atoms with Gasteiger partial charge in [-0.05, 0) is 28.8 Å². The van der Waals surface area contributed by atoms with E-state index in [1.165, 1.54) is 11.7 Å². The molecule has 0 aliphatic rings. The molecule has 4 aromatic rings. The van der Waals surface area contributed by atoms with Crippen molar-refractivity contribution in [3.63, 3.8) is 0 Å². The van der Waals surface area contributed by atoms with Crippen LogP contribution in [0.25, 0.3) is 21.7 Å². The number of benzene rings is 3. The summed E-state index contributed by atoms with van der Waals surface area (Å²) in [6, 6.07) is 21.1. The maximum Gasteiger partial charge on any atom is 0.198 e. The summed E-state index contributed by atoms with van der Waals surface area (Å²) in [6.07, 6.45) is 1.89. The minimum Gasteiger partial charge on any atom is -0.321 e. The van der Waals surface area contributed by atoms with Crippen molar-refractivity contribution in [2.75, 3.05) is 0 Å². The first kappa shape index (κ1) is 15.4. The smallest absolute Gasteiger partial charge is 0.198 e. The van der Waals surface area contributed by atoms with Gasteiger partial charge in [-0.15, -0.1) is 0 Å². The fourth-order valence-electron chi connectivity index (χ4n) is 3.09. The number of hydrogen-bond donors (Lipinski definition) is 1. The van der Waals surface area contributed by atoms with Gasteiger partial charge in [0.05, 0.1) is 11.6 Å². The van der Waals surface area contributed by atoms with Gasteiger partial charge >= 0.3 is 0 Å². The molecule has 4 nitrogen and oxygen atoms in total. The Bertz CT molecular complexity index is 1070. The summed E-state index contributed by atoms with van der Waals surface area (Å²) in [5.41, 5.74) is 8.38. The van der Waals surface area contributed by atoms with E-state index in [0.717, 1.165) is 21.9 Å². The van der Waals surface area contributed by atoms with Crippen LogP contribution in [0.3, 0.4) is 0 Å². The number of ketones is 1. The Morgan fingerprint density at radius 2 is 1.68 bits per heavy atom. The molecule has 122 valence electrons. The molecule has 0 radical (unpaired) electrons. The van der Waals surface area contributed by atoms with Crippen LogP contribution in [-0.2, 0) is 6.42 Å². The molecule has 1 atom stereocenters. The number of rotatable bonds is 4. The molecule has 4 rings (SSSR count). The summed E-state index contributed by atoms with van der Waals surface area (Å²) in [7, 11) is 0. The summed E-state index contributed by atoms with van der Waals surface area (Å²) in [6.45, 7) is 0. The van der Waals surface area contributed by atoms with E-state index in [0.29, 0.717) is 12.1 Å². The van der Waals surface area contributed by atoms with E-state index >= 15 is 0 Å². The predicted molar refractivity (Wildman–Crippen MR) is 99.5 cm³/mol. The Balaban J connectivity index is 1.63. The third-order valence-corrected chi connectivity index (χ3v) is 4.38. The molecule has 4 heteroatoms. The van der Waals surface area contributed by atoms with Crippen LogP contribution in [0.2, 0.25) is 0 Å². The molecular weight excluding hydrogens is 310 g/mol. The van der Waals surface area contributed by atoms with Gasteiger partial charge in [-0.3, -0.25) is 4.79 Å². The van der Waals surface area contributed by atoms with Crippen molar-refractivity contribution in [1.82, 2.24) is 9.97 Å². The van der Waals surface area contributed by atoms with E-state index in [1.54, 1.807) is 0 Å². The van der Waals surface area contributed by atoms with E-state index in [2.05, 4.69) is 34.2 Å². The number of aromatic nitrogens is 2. The molecule has 2 N–H and O–H groups in total. The molecule has 0 saturated carbocycles. The Morgan fingerprint density at radius 1 is 0.920 bits per heavy atom. The molecule has 0 spiro atoms. The highest BCUT2D eigenvalue weighted by Crippen LogP contribution is 2.19. The second kappa shape index (κ2) is 6.42. The van der Waals surface area contributed by atoms with Crippen LogP contribution >= 0.6 is 0 Å². The van der Waals surface area contributed by atoms with Crippen LogP contribution in [0.5, 0.6) is 0 Å². The Hall–Kier alpha value is -3.11. The number of carbonyl (C=O) groups excluding carboxylic acids is 1. The number of Topliss-reactive ketones (excluding diaryl/α,β-unsaturated/α-hetero) is 1. The summed E-state index contributed by atoms with van der Waals surface area (Å²) >= 11 is 0. The van der Waals surface area contributed by atoms with Gasteiger partial charge in [0.2, 0.25) is 0 Å². The van der Waals surface area contributed by atoms with Gasteiger partial charge in [-0.25, -0.2) is 9.97 Å². The van der Waals surface area contributed by atoms with Crippen molar-refractivity contribution in [2.45, 2.75) is 12.5 Å². The quantitative estimate of drug-likeness (QED) is 0.582. The third kappa shape index (κ3) is 2.99. The lowest BCUT2D eigenvalue weighted by Crippen LogP contribution is -2.33. The standard InChI is InChI=1S/C21H17N3O/c22-18(12-14-9-10-15-5-1-2-6-16(15)11-14)21(25)20-17-7-3-4-8-19(17)23-13-24-20/h1-11,13,18H,12,22H2/t18-/m1/s1. The van der Waals surface area contributed by atoms with Gasteiger partial charge in [0.1, 0.15) is 12.0 Å². The Kier molecular flexibility index (Phi) is 3.96. The zero-order valence-corrected chi connectivity index (χ0v) is 13.6. The Morgan fingerprint density at radius 3 is 2.56 bits per heavy atom. The SMILES string of the molecule is N[C@H](Cc1ccc2ccccc2c1)C(=O)c1ncnc2ccccc12. The van der Waals surface area contributed by atoms with Crippen molar-refractivity contribution in [3.05, 3.63) is 84.3 Å². The van der Waals surface area contributed by atoms with Crippen LogP contribution in [0.4, 0.5) is 0 Å². The van der Waals surface area contributed by atoms with Crippen molar-refractivity contribution in [3.8, 4) is 0 Å². The van der Waals surface area contributed by atoms with Crippen LogP contribution in [-0.4, -0.2) is 21.8 Å². The van der Waals surface area contributed by atoms with Crippen molar-refractivity contribution < 1.29 is 4.79 Å². The van der Waals surface area contributed by atoms with E-state index < -0.39 is 6.04 Å². The highest BCUT2D eigenvalue weighted by molar-refractivity contribution is 6.08. The molecule has 1 aromatic heterocycles. The molecular formula is C21H17N3O. The molecule has 0 bridgehead atoms. The third-order valence-electron chi connectivity index (χ3n) is 4.38. The van der Waals surface area contributed by atoms with Crippen LogP contribution in [0.1, 0.15) is 16.1 Å². The normalized spacial score (nSPS) is 12.4. The number of nitrogens with zero attached hydrogens (tertiary/aromatic N) is 2. The van der Waals surface area contributed by atoms with E-state index in [4.69, 9.17) is 5.73 Å². The van der Waals surface area contributed by atoms with Gasteiger partial charge in [-0.1, -0.05) is 60.7 Å². The molecule has 0 amide bonds. The van der Waals surface area contributed by atoms with E-state index in [1.807, 2.05) is 42.5 Å². The second-order valence-electron chi connectivity index (χ2n) is 6.10. The maximum atomic E-state index is 12.8. The molecule has 0 aliphatic heterocycles. The number of carbonyl (C=O) groups is 1. The average molecular weight is 327 g/mol. The van der Waals surface area contributed by atoms with Crippen molar-refractivity contribution in [1.29, 1.82) is 0 Å². The second-order valence-corrected chi connectivity index (χ2v) is 6.10. The summed E-state index contributed by atoms with van der Waals surface area (Å²) in [4.78, 5) is 21.2. The fourth-order valence-corrected chi connectivity index (χ4v) is 3.09. The van der Waals surface area contributed by atoms with Gasteiger partial charge < -0.3 is 5.73 Å². The average Bonchev–Trinajstić information content (AvgIpc) is 2.67. The molecule has 3 aromatic carbocycles. The molecule has 0 aliphatic carbocycles. The topological polar surface area (TPSA) is 68.9 Å². The summed E-state index contributed by atoms with van der Waals surface area (Å²) < 4.78 is 0. The first-order valence-electron chi connectivity index (χ1n) is 8.19. The molecule has 1 heterocycles. The van der Waals surface area contributed by atoms with Gasteiger partial charge in [-0.2, -0.15) is 0 Å². The Labute approximate surface area is 145 Å². The summed E-state index contributed by atoms with van der Waals surface area (Å²) in [5, 5.41) is 3.06. The van der Waals surface area contributed by atoms with Crippen LogP contribution in [0.15, 0.2) is 73.1 Å². The number of nitrogens with two attached hydrogens (primary N) is 1. The van der Waals surface area contributed by atoms with Gasteiger partial charge in [0.25, 0.3) is 0 Å². The lowest BCUT2D eigenvalue weighted by Gasteiger charge is -2.12. The van der Waals surface area contributed by atoms with Crippen LogP contribution in [0, 0.1) is 0 Å².